The van der Waals surface area contributed by atoms with Gasteiger partial charge in [0.15, 0.2) is 0 Å². The van der Waals surface area contributed by atoms with E-state index in [-0.39, 0.29) is 0 Å². The molecule has 0 unspecified atom stereocenters. The molecule has 0 N–H and O–H groups in total. The summed E-state index contributed by atoms with van der Waals surface area (Å²) in [5, 5.41) is 0. The summed E-state index contributed by atoms with van der Waals surface area (Å²) in [5.74, 6) is 0. The van der Waals surface area contributed by atoms with Crippen molar-refractivity contribution in [3.05, 3.63) is 52.5 Å². The average molecular weight is 450 g/mol. The summed E-state index contributed by atoms with van der Waals surface area (Å²) in [4.78, 5) is 15.2. The summed E-state index contributed by atoms with van der Waals surface area (Å²) in [5.41, 5.74) is 2.81. The number of carbonyl (C=O) groups excluding carboxylic acids is 1. The molecule has 0 aromatic heterocycles. The summed E-state index contributed by atoms with van der Waals surface area (Å²) in [6.45, 7) is 2.81. The van der Waals surface area contributed by atoms with Crippen LogP contribution in [0.25, 0.3) is 0 Å². The zero-order valence-corrected chi connectivity index (χ0v) is 17.1. The van der Waals surface area contributed by atoms with Crippen LogP contribution in [-0.2, 0) is 21.2 Å². The number of hydrogen-bond acceptors (Lipinski definition) is 4. The molecule has 2 aliphatic heterocycles. The maximum atomic E-state index is 13.1. The van der Waals surface area contributed by atoms with E-state index >= 15 is 0 Å². The quantitative estimate of drug-likeness (QED) is 0.672. The van der Waals surface area contributed by atoms with E-state index in [1.165, 1.54) is 0 Å². The summed E-state index contributed by atoms with van der Waals surface area (Å²) in [6, 6.07) is 13.1. The van der Waals surface area contributed by atoms with Gasteiger partial charge in [0.2, 0.25) is 16.4 Å². The molecule has 2 aromatic carbocycles. The molecule has 0 spiro atoms. The first-order valence-corrected chi connectivity index (χ1v) is 11.1. The molecule has 1 amide bonds. The van der Waals surface area contributed by atoms with Gasteiger partial charge in [0.25, 0.3) is 0 Å². The van der Waals surface area contributed by atoms with Gasteiger partial charge in [-0.05, 0) is 48.4 Å². The summed E-state index contributed by atoms with van der Waals surface area (Å²) >= 11 is 3.48. The highest BCUT2D eigenvalue weighted by molar-refractivity contribution is 9.10. The SMILES string of the molecule is O=CN1CCc2cc(S(=O)(=O)N3CCN(c4cccc(Br)c4)CC3)ccc21. The van der Waals surface area contributed by atoms with E-state index in [1.54, 1.807) is 27.4 Å². The normalized spacial score (nSPS) is 17.8. The summed E-state index contributed by atoms with van der Waals surface area (Å²) < 4.78 is 28.7. The molecule has 0 atom stereocenters. The van der Waals surface area contributed by atoms with Crippen LogP contribution < -0.4 is 9.80 Å². The number of amides is 1. The highest BCUT2D eigenvalue weighted by Gasteiger charge is 2.30. The van der Waals surface area contributed by atoms with Crippen molar-refractivity contribution in [3.8, 4) is 0 Å². The molecule has 1 saturated heterocycles. The van der Waals surface area contributed by atoms with Gasteiger partial charge in [-0.25, -0.2) is 8.42 Å². The highest BCUT2D eigenvalue weighted by Crippen LogP contribution is 2.30. The second-order valence-electron chi connectivity index (χ2n) is 6.71. The van der Waals surface area contributed by atoms with Crippen LogP contribution in [0.5, 0.6) is 0 Å². The number of halogens is 1. The Morgan fingerprint density at radius 1 is 0.963 bits per heavy atom. The predicted molar refractivity (Wildman–Crippen MR) is 109 cm³/mol. The average Bonchev–Trinajstić information content (AvgIpc) is 3.10. The molecule has 0 bridgehead atoms. The van der Waals surface area contributed by atoms with Crippen LogP contribution in [0.1, 0.15) is 5.56 Å². The largest absolute Gasteiger partial charge is 0.369 e. The highest BCUT2D eigenvalue weighted by atomic mass is 79.9. The van der Waals surface area contributed by atoms with Crippen LogP contribution in [0.4, 0.5) is 11.4 Å². The lowest BCUT2D eigenvalue weighted by Gasteiger charge is -2.35. The molecular weight excluding hydrogens is 430 g/mol. The van der Waals surface area contributed by atoms with E-state index in [2.05, 4.69) is 20.8 Å². The standard InChI is InChI=1S/C19H20BrN3O3S/c20-16-2-1-3-17(13-16)21-8-10-23(11-9-21)27(25,26)18-4-5-19-15(12-18)6-7-22(19)14-24/h1-5,12-14H,6-11H2. The van der Waals surface area contributed by atoms with Gasteiger partial charge in [0, 0.05) is 48.6 Å². The van der Waals surface area contributed by atoms with E-state index in [0.717, 1.165) is 27.8 Å². The van der Waals surface area contributed by atoms with Crippen molar-refractivity contribution in [1.82, 2.24) is 4.31 Å². The van der Waals surface area contributed by atoms with Gasteiger partial charge < -0.3 is 9.80 Å². The van der Waals surface area contributed by atoms with Crippen LogP contribution >= 0.6 is 15.9 Å². The fraction of sp³-hybridized carbons (Fsp3) is 0.316. The molecule has 0 saturated carbocycles. The molecule has 2 heterocycles. The Kier molecular flexibility index (Phi) is 4.96. The molecule has 2 aromatic rings. The van der Waals surface area contributed by atoms with Gasteiger partial charge >= 0.3 is 0 Å². The monoisotopic (exact) mass is 449 g/mol. The Morgan fingerprint density at radius 3 is 2.44 bits per heavy atom. The fourth-order valence-electron chi connectivity index (χ4n) is 3.68. The molecule has 1 fully saturated rings. The second kappa shape index (κ2) is 7.26. The number of fused-ring (bicyclic) bond motifs is 1. The molecule has 2 aliphatic rings. The minimum Gasteiger partial charge on any atom is -0.369 e. The van der Waals surface area contributed by atoms with E-state index in [0.29, 0.717) is 44.0 Å². The number of rotatable bonds is 4. The Bertz CT molecular complexity index is 972. The van der Waals surface area contributed by atoms with E-state index < -0.39 is 10.0 Å². The minimum absolute atomic E-state index is 0.310. The Morgan fingerprint density at radius 2 is 1.74 bits per heavy atom. The van der Waals surface area contributed by atoms with Gasteiger partial charge in [-0.2, -0.15) is 4.31 Å². The van der Waals surface area contributed by atoms with Gasteiger partial charge in [-0.15, -0.1) is 0 Å². The molecule has 8 heteroatoms. The topological polar surface area (TPSA) is 60.9 Å². The number of carbonyl (C=O) groups is 1. The lowest BCUT2D eigenvalue weighted by Crippen LogP contribution is -2.48. The van der Waals surface area contributed by atoms with Crippen molar-refractivity contribution in [1.29, 1.82) is 0 Å². The van der Waals surface area contributed by atoms with Crippen LogP contribution in [-0.4, -0.2) is 51.9 Å². The number of nitrogens with zero attached hydrogens (tertiary/aromatic N) is 3. The Balaban J connectivity index is 1.50. The maximum Gasteiger partial charge on any atom is 0.243 e. The van der Waals surface area contributed by atoms with E-state index in [9.17, 15) is 13.2 Å². The molecule has 6 nitrogen and oxygen atoms in total. The molecular formula is C19H20BrN3O3S. The smallest absolute Gasteiger partial charge is 0.243 e. The van der Waals surface area contributed by atoms with E-state index in [1.807, 2.05) is 24.3 Å². The van der Waals surface area contributed by atoms with Crippen molar-refractivity contribution in [3.63, 3.8) is 0 Å². The van der Waals surface area contributed by atoms with Crippen molar-refractivity contribution in [2.75, 3.05) is 42.5 Å². The first-order chi connectivity index (χ1) is 13.0. The zero-order valence-electron chi connectivity index (χ0n) is 14.7. The molecule has 0 radical (unpaired) electrons. The van der Waals surface area contributed by atoms with Crippen LogP contribution in [0.2, 0.25) is 0 Å². The third kappa shape index (κ3) is 3.49. The maximum absolute atomic E-state index is 13.1. The van der Waals surface area contributed by atoms with Crippen molar-refractivity contribution in [2.24, 2.45) is 0 Å². The van der Waals surface area contributed by atoms with Crippen LogP contribution in [0.15, 0.2) is 51.8 Å². The summed E-state index contributed by atoms with van der Waals surface area (Å²) in [7, 11) is -3.53. The number of piperazine rings is 1. The number of sulfonamides is 1. The van der Waals surface area contributed by atoms with Crippen molar-refractivity contribution < 1.29 is 13.2 Å². The molecule has 142 valence electrons. The van der Waals surface area contributed by atoms with Gasteiger partial charge in [0.05, 0.1) is 4.90 Å². The lowest BCUT2D eigenvalue weighted by atomic mass is 10.2. The summed E-state index contributed by atoms with van der Waals surface area (Å²) in [6.07, 6.45) is 1.48. The molecule has 27 heavy (non-hydrogen) atoms. The Labute approximate surface area is 167 Å². The Hall–Kier alpha value is -1.90. The first kappa shape index (κ1) is 18.5. The van der Waals surface area contributed by atoms with Crippen LogP contribution in [0.3, 0.4) is 0 Å². The third-order valence-electron chi connectivity index (χ3n) is 5.16. The van der Waals surface area contributed by atoms with Crippen molar-refractivity contribution >= 4 is 43.7 Å². The lowest BCUT2D eigenvalue weighted by molar-refractivity contribution is -0.107. The third-order valence-corrected chi connectivity index (χ3v) is 7.55. The number of benzene rings is 2. The number of hydrogen-bond donors (Lipinski definition) is 0. The predicted octanol–water partition coefficient (Wildman–Crippen LogP) is 2.48. The number of anilines is 2. The minimum atomic E-state index is -3.53. The fourth-order valence-corrected chi connectivity index (χ4v) is 5.54. The zero-order chi connectivity index (χ0) is 19.0. The molecule has 0 aliphatic carbocycles. The van der Waals surface area contributed by atoms with Crippen LogP contribution in [0, 0.1) is 0 Å². The van der Waals surface area contributed by atoms with E-state index in [4.69, 9.17) is 0 Å². The van der Waals surface area contributed by atoms with Gasteiger partial charge in [-0.3, -0.25) is 4.79 Å². The van der Waals surface area contributed by atoms with Gasteiger partial charge in [-0.1, -0.05) is 22.0 Å². The first-order valence-electron chi connectivity index (χ1n) is 8.84. The van der Waals surface area contributed by atoms with Gasteiger partial charge in [0.1, 0.15) is 0 Å². The molecule has 4 rings (SSSR count). The second-order valence-corrected chi connectivity index (χ2v) is 9.56. The van der Waals surface area contributed by atoms with Crippen molar-refractivity contribution in [2.45, 2.75) is 11.3 Å².